The molecule has 1 aromatic rings. The number of rotatable bonds is 4. The Bertz CT molecular complexity index is 469. The van der Waals surface area contributed by atoms with E-state index in [1.807, 2.05) is 37.3 Å². The van der Waals surface area contributed by atoms with Crippen LogP contribution in [0.4, 0.5) is 0 Å². The van der Waals surface area contributed by atoms with Crippen molar-refractivity contribution in [2.75, 3.05) is 0 Å². The molecule has 2 rings (SSSR count). The zero-order valence-corrected chi connectivity index (χ0v) is 10.8. The van der Waals surface area contributed by atoms with Gasteiger partial charge >= 0.3 is 0 Å². The van der Waals surface area contributed by atoms with Crippen molar-refractivity contribution in [2.24, 2.45) is 11.1 Å². The zero-order chi connectivity index (χ0) is 13.2. The van der Waals surface area contributed by atoms with Gasteiger partial charge in [0.2, 0.25) is 0 Å². The quantitative estimate of drug-likeness (QED) is 0.822. The number of ketones is 1. The number of carbonyl (C=O) groups is 1. The zero-order valence-electron chi connectivity index (χ0n) is 10.8. The Labute approximate surface area is 107 Å². The van der Waals surface area contributed by atoms with Crippen molar-refractivity contribution in [3.05, 3.63) is 35.9 Å². The Morgan fingerprint density at radius 2 is 2.06 bits per heavy atom. The lowest BCUT2D eigenvalue weighted by molar-refractivity contribution is -0.181. The van der Waals surface area contributed by atoms with Crippen LogP contribution in [0.3, 0.4) is 0 Å². The molecule has 0 radical (unpaired) electrons. The molecule has 18 heavy (non-hydrogen) atoms. The molecule has 1 aliphatic heterocycles. The van der Waals surface area contributed by atoms with Crippen LogP contribution >= 0.6 is 0 Å². The fraction of sp³-hybridized carbons (Fsp3) is 0.429. The van der Waals surface area contributed by atoms with Gasteiger partial charge in [-0.1, -0.05) is 25.1 Å². The van der Waals surface area contributed by atoms with E-state index in [9.17, 15) is 4.79 Å². The third kappa shape index (κ3) is 2.53. The number of Topliss-reactive ketones (excluding diaryl/α,β-unsaturated/α-hetero) is 1. The first-order chi connectivity index (χ1) is 8.51. The van der Waals surface area contributed by atoms with Gasteiger partial charge in [-0.25, -0.2) is 0 Å². The Balaban J connectivity index is 2.08. The molecule has 1 aliphatic rings. The third-order valence-corrected chi connectivity index (χ3v) is 3.12. The number of nitrogens with zero attached hydrogens (tertiary/aromatic N) is 1. The Hall–Kier alpha value is -1.84. The van der Waals surface area contributed by atoms with Crippen molar-refractivity contribution in [3.8, 4) is 0 Å². The highest BCUT2D eigenvalue weighted by molar-refractivity contribution is 5.94. The lowest BCUT2D eigenvalue weighted by atomic mass is 9.96. The number of ether oxygens (including phenoxy) is 1. The van der Waals surface area contributed by atoms with Crippen LogP contribution in [0.2, 0.25) is 0 Å². The van der Waals surface area contributed by atoms with Gasteiger partial charge in [-0.2, -0.15) is 0 Å². The highest BCUT2D eigenvalue weighted by Gasteiger charge is 2.42. The third-order valence-electron chi connectivity index (χ3n) is 3.12. The van der Waals surface area contributed by atoms with Crippen LogP contribution in [0.15, 0.2) is 35.5 Å². The van der Waals surface area contributed by atoms with E-state index in [1.54, 1.807) is 13.8 Å². The number of hydrogen-bond acceptors (Lipinski definition) is 4. The molecule has 2 unspecified atom stereocenters. The second-order valence-electron chi connectivity index (χ2n) is 4.78. The second-order valence-corrected chi connectivity index (χ2v) is 4.78. The maximum atomic E-state index is 11.2. The summed E-state index contributed by atoms with van der Waals surface area (Å²) in [6.07, 6.45) is 0.411. The summed E-state index contributed by atoms with van der Waals surface area (Å²) in [4.78, 5) is 16.5. The SMILES string of the molecule is CC(=O)CC(C)C1(C)ON=C(c2ccccc2)O1. The summed E-state index contributed by atoms with van der Waals surface area (Å²) in [7, 11) is 0. The van der Waals surface area contributed by atoms with Crippen molar-refractivity contribution in [1.29, 1.82) is 0 Å². The number of oxime groups is 1. The molecular weight excluding hydrogens is 230 g/mol. The van der Waals surface area contributed by atoms with Gasteiger partial charge in [0.25, 0.3) is 11.7 Å². The summed E-state index contributed by atoms with van der Waals surface area (Å²) in [5, 5.41) is 3.97. The summed E-state index contributed by atoms with van der Waals surface area (Å²) in [5.74, 6) is -0.339. The molecule has 0 amide bonds. The van der Waals surface area contributed by atoms with E-state index < -0.39 is 5.79 Å². The molecule has 0 saturated heterocycles. The highest BCUT2D eigenvalue weighted by Crippen LogP contribution is 2.32. The topological polar surface area (TPSA) is 47.9 Å². The molecule has 0 N–H and O–H groups in total. The summed E-state index contributed by atoms with van der Waals surface area (Å²) < 4.78 is 5.77. The fourth-order valence-corrected chi connectivity index (χ4v) is 1.86. The first-order valence-corrected chi connectivity index (χ1v) is 6.01. The molecule has 1 aromatic carbocycles. The van der Waals surface area contributed by atoms with E-state index in [1.165, 1.54) is 0 Å². The lowest BCUT2D eigenvalue weighted by Gasteiger charge is -2.27. The van der Waals surface area contributed by atoms with E-state index in [4.69, 9.17) is 9.57 Å². The second kappa shape index (κ2) is 4.80. The Kier molecular flexibility index (Phi) is 3.36. The molecule has 4 nitrogen and oxygen atoms in total. The summed E-state index contributed by atoms with van der Waals surface area (Å²) in [6, 6.07) is 9.57. The summed E-state index contributed by atoms with van der Waals surface area (Å²) >= 11 is 0. The molecule has 2 atom stereocenters. The van der Waals surface area contributed by atoms with Crippen LogP contribution in [-0.2, 0) is 14.4 Å². The molecule has 1 heterocycles. The predicted molar refractivity (Wildman–Crippen MR) is 68.0 cm³/mol. The first-order valence-electron chi connectivity index (χ1n) is 6.01. The molecule has 0 bridgehead atoms. The van der Waals surface area contributed by atoms with Crippen molar-refractivity contribution < 1.29 is 14.4 Å². The molecule has 0 saturated carbocycles. The average Bonchev–Trinajstić information content (AvgIpc) is 2.74. The largest absolute Gasteiger partial charge is 0.430 e. The number of carbonyl (C=O) groups excluding carboxylic acids is 1. The van der Waals surface area contributed by atoms with E-state index in [2.05, 4.69) is 5.16 Å². The van der Waals surface area contributed by atoms with Crippen molar-refractivity contribution in [1.82, 2.24) is 0 Å². The highest BCUT2D eigenvalue weighted by atomic mass is 16.8. The standard InChI is InChI=1S/C14H17NO3/c1-10(9-11(2)16)14(3)17-13(15-18-14)12-7-5-4-6-8-12/h4-8,10H,9H2,1-3H3. The first kappa shape index (κ1) is 12.6. The van der Waals surface area contributed by atoms with Crippen molar-refractivity contribution in [2.45, 2.75) is 33.0 Å². The number of benzene rings is 1. The van der Waals surface area contributed by atoms with Gasteiger partial charge in [0.1, 0.15) is 5.78 Å². The predicted octanol–water partition coefficient (Wildman–Crippen LogP) is 2.73. The summed E-state index contributed by atoms with van der Waals surface area (Å²) in [6.45, 7) is 5.29. The molecule has 0 aliphatic carbocycles. The normalized spacial score (nSPS) is 23.8. The van der Waals surface area contributed by atoms with Gasteiger partial charge < -0.3 is 14.4 Å². The van der Waals surface area contributed by atoms with Crippen molar-refractivity contribution in [3.63, 3.8) is 0 Å². The van der Waals surface area contributed by atoms with Gasteiger partial charge in [-0.15, -0.1) is 0 Å². The maximum absolute atomic E-state index is 11.2. The van der Waals surface area contributed by atoms with E-state index in [0.29, 0.717) is 12.3 Å². The Morgan fingerprint density at radius 3 is 2.67 bits per heavy atom. The van der Waals surface area contributed by atoms with Gasteiger partial charge in [0.15, 0.2) is 0 Å². The van der Waals surface area contributed by atoms with Gasteiger partial charge in [0, 0.05) is 24.8 Å². The van der Waals surface area contributed by atoms with Gasteiger partial charge in [-0.05, 0) is 24.2 Å². The van der Waals surface area contributed by atoms with E-state index in [-0.39, 0.29) is 11.7 Å². The number of hydrogen-bond donors (Lipinski definition) is 0. The minimum absolute atomic E-state index is 0.0556. The van der Waals surface area contributed by atoms with Gasteiger partial charge in [0.05, 0.1) is 0 Å². The van der Waals surface area contributed by atoms with E-state index >= 15 is 0 Å². The minimum atomic E-state index is -0.864. The Morgan fingerprint density at radius 1 is 1.39 bits per heavy atom. The van der Waals surface area contributed by atoms with Crippen LogP contribution < -0.4 is 0 Å². The maximum Gasteiger partial charge on any atom is 0.277 e. The van der Waals surface area contributed by atoms with Crippen LogP contribution in [0.5, 0.6) is 0 Å². The smallest absolute Gasteiger partial charge is 0.277 e. The van der Waals surface area contributed by atoms with Gasteiger partial charge in [-0.3, -0.25) is 0 Å². The molecular formula is C14H17NO3. The molecule has 4 heteroatoms. The molecule has 0 spiro atoms. The van der Waals surface area contributed by atoms with E-state index in [0.717, 1.165) is 5.56 Å². The summed E-state index contributed by atoms with van der Waals surface area (Å²) in [5.41, 5.74) is 0.872. The lowest BCUT2D eigenvalue weighted by Crippen LogP contribution is -2.36. The minimum Gasteiger partial charge on any atom is -0.430 e. The molecule has 0 fully saturated rings. The van der Waals surface area contributed by atoms with Crippen LogP contribution in [-0.4, -0.2) is 17.5 Å². The molecule has 0 aromatic heterocycles. The van der Waals surface area contributed by atoms with Crippen molar-refractivity contribution >= 4 is 11.7 Å². The monoisotopic (exact) mass is 247 g/mol. The van der Waals surface area contributed by atoms with Crippen LogP contribution in [0.25, 0.3) is 0 Å². The van der Waals surface area contributed by atoms with Crippen LogP contribution in [0, 0.1) is 5.92 Å². The molecule has 96 valence electrons. The van der Waals surface area contributed by atoms with Crippen LogP contribution in [0.1, 0.15) is 32.8 Å². The fourth-order valence-electron chi connectivity index (χ4n) is 1.86. The average molecular weight is 247 g/mol.